The summed E-state index contributed by atoms with van der Waals surface area (Å²) in [5, 5.41) is 9.02. The third-order valence-corrected chi connectivity index (χ3v) is 5.42. The Morgan fingerprint density at radius 2 is 2.41 bits per heavy atom. The molecule has 6 heteroatoms. The number of nitrogens with one attached hydrogen (secondary N) is 2. The van der Waals surface area contributed by atoms with Gasteiger partial charge in [-0.05, 0) is 43.0 Å². The summed E-state index contributed by atoms with van der Waals surface area (Å²) in [6.45, 7) is 5.51. The zero-order valence-electron chi connectivity index (χ0n) is 13.7. The van der Waals surface area contributed by atoms with E-state index in [1.165, 1.54) is 30.8 Å². The first-order valence-electron chi connectivity index (χ1n) is 8.00. The van der Waals surface area contributed by atoms with Crippen LogP contribution in [0.1, 0.15) is 17.7 Å². The monoisotopic (exact) mass is 340 g/mol. The van der Waals surface area contributed by atoms with Crippen LogP contribution >= 0.6 is 23.1 Å². The summed E-state index contributed by atoms with van der Waals surface area (Å²) < 4.78 is 0. The van der Waals surface area contributed by atoms with Crippen LogP contribution in [0.3, 0.4) is 0 Å². The molecular formula is C16H28N4S2. The number of likely N-dealkylation sites (tertiary alicyclic amines) is 1. The highest BCUT2D eigenvalue weighted by Gasteiger charge is 2.20. The van der Waals surface area contributed by atoms with Crippen molar-refractivity contribution in [2.45, 2.75) is 19.4 Å². The lowest BCUT2D eigenvalue weighted by Crippen LogP contribution is -2.44. The van der Waals surface area contributed by atoms with Crippen LogP contribution in [0.15, 0.2) is 22.5 Å². The van der Waals surface area contributed by atoms with Gasteiger partial charge in [-0.15, -0.1) is 11.3 Å². The Kier molecular flexibility index (Phi) is 8.12. The van der Waals surface area contributed by atoms with E-state index < -0.39 is 0 Å². The van der Waals surface area contributed by atoms with E-state index in [4.69, 9.17) is 0 Å². The Balaban J connectivity index is 1.70. The Morgan fingerprint density at radius 1 is 1.50 bits per heavy atom. The molecule has 1 aromatic rings. The third kappa shape index (κ3) is 6.18. The van der Waals surface area contributed by atoms with E-state index in [1.54, 1.807) is 0 Å². The van der Waals surface area contributed by atoms with Crippen LogP contribution in [0.4, 0.5) is 0 Å². The third-order valence-electron chi connectivity index (χ3n) is 3.94. The van der Waals surface area contributed by atoms with Gasteiger partial charge in [-0.25, -0.2) is 0 Å². The highest BCUT2D eigenvalue weighted by molar-refractivity contribution is 7.98. The van der Waals surface area contributed by atoms with E-state index in [0.717, 1.165) is 31.3 Å². The summed E-state index contributed by atoms with van der Waals surface area (Å²) >= 11 is 3.71. The fourth-order valence-electron chi connectivity index (χ4n) is 2.82. The van der Waals surface area contributed by atoms with Gasteiger partial charge in [-0.1, -0.05) is 6.07 Å². The molecule has 0 saturated carbocycles. The molecule has 1 aliphatic heterocycles. The minimum absolute atomic E-state index is 0.716. The average molecular weight is 341 g/mol. The molecule has 0 spiro atoms. The van der Waals surface area contributed by atoms with Gasteiger partial charge in [0.15, 0.2) is 5.96 Å². The molecule has 1 aromatic heterocycles. The summed E-state index contributed by atoms with van der Waals surface area (Å²) in [5.41, 5.74) is 0. The smallest absolute Gasteiger partial charge is 0.191 e. The molecule has 1 atom stereocenters. The fraction of sp³-hybridized carbons (Fsp3) is 0.688. The maximum Gasteiger partial charge on any atom is 0.191 e. The van der Waals surface area contributed by atoms with Gasteiger partial charge < -0.3 is 10.6 Å². The van der Waals surface area contributed by atoms with E-state index in [2.05, 4.69) is 44.3 Å². The topological polar surface area (TPSA) is 39.7 Å². The highest BCUT2D eigenvalue weighted by atomic mass is 32.2. The molecule has 4 nitrogen and oxygen atoms in total. The molecular weight excluding hydrogens is 312 g/mol. The van der Waals surface area contributed by atoms with E-state index in [1.807, 2.05) is 30.1 Å². The largest absolute Gasteiger partial charge is 0.356 e. The van der Waals surface area contributed by atoms with Crippen LogP contribution < -0.4 is 10.6 Å². The van der Waals surface area contributed by atoms with Gasteiger partial charge in [0.2, 0.25) is 0 Å². The molecule has 124 valence electrons. The van der Waals surface area contributed by atoms with Gasteiger partial charge in [0.25, 0.3) is 0 Å². The Bertz CT molecular complexity index is 433. The van der Waals surface area contributed by atoms with Crippen molar-refractivity contribution in [3.05, 3.63) is 22.4 Å². The first-order chi connectivity index (χ1) is 10.8. The number of aliphatic imine (C=N–C) groups is 1. The number of nitrogens with zero attached hydrogens (tertiary/aromatic N) is 2. The predicted octanol–water partition coefficient (Wildman–Crippen LogP) is 2.49. The summed E-state index contributed by atoms with van der Waals surface area (Å²) in [7, 11) is 1.85. The zero-order chi connectivity index (χ0) is 15.6. The van der Waals surface area contributed by atoms with Crippen molar-refractivity contribution >= 4 is 29.1 Å². The van der Waals surface area contributed by atoms with Crippen LogP contribution in [-0.2, 0) is 6.54 Å². The molecule has 0 amide bonds. The molecule has 1 aliphatic rings. The molecule has 0 radical (unpaired) electrons. The van der Waals surface area contributed by atoms with Crippen molar-refractivity contribution in [3.63, 3.8) is 0 Å². The second-order valence-electron chi connectivity index (χ2n) is 5.70. The van der Waals surface area contributed by atoms with Crippen molar-refractivity contribution in [1.82, 2.24) is 15.5 Å². The minimum Gasteiger partial charge on any atom is -0.356 e. The van der Waals surface area contributed by atoms with Crippen LogP contribution in [0.25, 0.3) is 0 Å². The van der Waals surface area contributed by atoms with Gasteiger partial charge in [0, 0.05) is 43.9 Å². The number of piperidine rings is 1. The second-order valence-corrected chi connectivity index (χ2v) is 7.71. The normalized spacial score (nSPS) is 20.1. The molecule has 0 aromatic carbocycles. The van der Waals surface area contributed by atoms with Gasteiger partial charge in [0.05, 0.1) is 0 Å². The SMILES string of the molecule is CN=C(NCCSC)NCC1CCCN(Cc2cccs2)C1. The average Bonchev–Trinajstić information content (AvgIpc) is 3.04. The van der Waals surface area contributed by atoms with Gasteiger partial charge >= 0.3 is 0 Å². The molecule has 22 heavy (non-hydrogen) atoms. The molecule has 2 N–H and O–H groups in total. The van der Waals surface area contributed by atoms with Gasteiger partial charge in [-0.3, -0.25) is 9.89 Å². The van der Waals surface area contributed by atoms with E-state index in [0.29, 0.717) is 5.92 Å². The van der Waals surface area contributed by atoms with Crippen molar-refractivity contribution < 1.29 is 0 Å². The maximum absolute atomic E-state index is 4.30. The quantitative estimate of drug-likeness (QED) is 0.454. The minimum atomic E-state index is 0.716. The number of guanidine groups is 1. The Hall–Kier alpha value is -0.720. The maximum atomic E-state index is 4.30. The molecule has 1 saturated heterocycles. The van der Waals surface area contributed by atoms with Gasteiger partial charge in [0.1, 0.15) is 0 Å². The number of thiophene rings is 1. The highest BCUT2D eigenvalue weighted by Crippen LogP contribution is 2.19. The first-order valence-corrected chi connectivity index (χ1v) is 10.3. The summed E-state index contributed by atoms with van der Waals surface area (Å²) in [6, 6.07) is 4.39. The molecule has 0 aliphatic carbocycles. The number of hydrogen-bond donors (Lipinski definition) is 2. The van der Waals surface area contributed by atoms with Crippen molar-refractivity contribution in [1.29, 1.82) is 0 Å². The molecule has 1 fully saturated rings. The summed E-state index contributed by atoms with van der Waals surface area (Å²) in [5.74, 6) is 2.76. The zero-order valence-corrected chi connectivity index (χ0v) is 15.3. The number of hydrogen-bond acceptors (Lipinski definition) is 4. The van der Waals surface area contributed by atoms with Crippen molar-refractivity contribution in [3.8, 4) is 0 Å². The number of rotatable bonds is 7. The van der Waals surface area contributed by atoms with E-state index >= 15 is 0 Å². The molecule has 2 heterocycles. The summed E-state index contributed by atoms with van der Waals surface area (Å²) in [6.07, 6.45) is 4.74. The van der Waals surface area contributed by atoms with Gasteiger partial charge in [-0.2, -0.15) is 11.8 Å². The number of thioether (sulfide) groups is 1. The van der Waals surface area contributed by atoms with Crippen LogP contribution in [0, 0.1) is 5.92 Å². The lowest BCUT2D eigenvalue weighted by Gasteiger charge is -2.32. The Morgan fingerprint density at radius 3 is 3.14 bits per heavy atom. The Labute approximate surface area is 142 Å². The lowest BCUT2D eigenvalue weighted by atomic mass is 9.98. The van der Waals surface area contributed by atoms with Crippen molar-refractivity contribution in [2.24, 2.45) is 10.9 Å². The predicted molar refractivity (Wildman–Crippen MR) is 100 cm³/mol. The van der Waals surface area contributed by atoms with Crippen LogP contribution in [-0.4, -0.2) is 56.1 Å². The molecule has 1 unspecified atom stereocenters. The van der Waals surface area contributed by atoms with E-state index in [-0.39, 0.29) is 0 Å². The molecule has 2 rings (SSSR count). The lowest BCUT2D eigenvalue weighted by molar-refractivity contribution is 0.169. The standard InChI is InChI=1S/C16H28N4S2/c1-17-16(18-7-10-21-2)19-11-14-5-3-8-20(12-14)13-15-6-4-9-22-15/h4,6,9,14H,3,5,7-8,10-13H2,1-2H3,(H2,17,18,19). The second kappa shape index (κ2) is 10.1. The van der Waals surface area contributed by atoms with Crippen LogP contribution in [0.2, 0.25) is 0 Å². The summed E-state index contributed by atoms with van der Waals surface area (Å²) in [4.78, 5) is 8.36. The molecule has 0 bridgehead atoms. The van der Waals surface area contributed by atoms with E-state index in [9.17, 15) is 0 Å². The van der Waals surface area contributed by atoms with Crippen molar-refractivity contribution in [2.75, 3.05) is 45.2 Å². The van der Waals surface area contributed by atoms with Crippen LogP contribution in [0.5, 0.6) is 0 Å². The fourth-order valence-corrected chi connectivity index (χ4v) is 3.87. The first kappa shape index (κ1) is 17.6.